The van der Waals surface area contributed by atoms with E-state index in [1.165, 1.54) is 11.3 Å². The van der Waals surface area contributed by atoms with E-state index in [2.05, 4.69) is 27.1 Å². The minimum atomic E-state index is -0.166. The van der Waals surface area contributed by atoms with E-state index in [1.807, 2.05) is 36.4 Å². The molecule has 4 nitrogen and oxygen atoms in total. The van der Waals surface area contributed by atoms with Crippen molar-refractivity contribution >= 4 is 33.0 Å². The van der Waals surface area contributed by atoms with Crippen LogP contribution in [0, 0.1) is 11.8 Å². The van der Waals surface area contributed by atoms with Crippen molar-refractivity contribution in [1.82, 2.24) is 9.97 Å². The monoisotopic (exact) mass is 355 g/mol. The standard InChI is InChI=1S/C21H13N3OS/c25-21(24-17-7-4-10-22-13-17)19-11-18-16(12-23-14-20(18)26-19)9-8-15-5-2-1-3-6-15/h1-7,10-14H,(H,24,25). The Morgan fingerprint density at radius 2 is 1.85 bits per heavy atom. The van der Waals surface area contributed by atoms with Crippen LogP contribution < -0.4 is 5.32 Å². The fourth-order valence-electron chi connectivity index (χ4n) is 2.46. The highest BCUT2D eigenvalue weighted by Gasteiger charge is 2.12. The number of nitrogens with zero attached hydrogens (tertiary/aromatic N) is 2. The zero-order chi connectivity index (χ0) is 17.8. The normalized spacial score (nSPS) is 10.2. The molecule has 0 atom stereocenters. The molecule has 0 aliphatic rings. The zero-order valence-corrected chi connectivity index (χ0v) is 14.5. The van der Waals surface area contributed by atoms with Gasteiger partial charge in [-0.25, -0.2) is 0 Å². The molecule has 0 saturated heterocycles. The molecule has 5 heteroatoms. The third-order valence-electron chi connectivity index (χ3n) is 3.70. The summed E-state index contributed by atoms with van der Waals surface area (Å²) in [5.74, 6) is 6.13. The Balaban J connectivity index is 1.65. The molecule has 0 bridgehead atoms. The van der Waals surface area contributed by atoms with Crippen molar-refractivity contribution in [2.45, 2.75) is 0 Å². The molecule has 1 N–H and O–H groups in total. The molecule has 0 saturated carbocycles. The molecule has 1 aromatic carbocycles. The average molecular weight is 355 g/mol. The first-order valence-electron chi connectivity index (χ1n) is 7.95. The number of hydrogen-bond acceptors (Lipinski definition) is 4. The molecule has 0 aliphatic carbocycles. The lowest BCUT2D eigenvalue weighted by Gasteiger charge is -2.01. The highest BCUT2D eigenvalue weighted by Crippen LogP contribution is 2.28. The molecule has 4 aromatic rings. The number of nitrogens with one attached hydrogen (secondary N) is 1. The molecule has 4 rings (SSSR count). The first kappa shape index (κ1) is 16.0. The summed E-state index contributed by atoms with van der Waals surface area (Å²) in [4.78, 5) is 21.4. The molecule has 0 unspecified atom stereocenters. The second-order valence-corrected chi connectivity index (χ2v) is 6.61. The number of amides is 1. The molecule has 1 amide bonds. The van der Waals surface area contributed by atoms with E-state index in [-0.39, 0.29) is 5.91 Å². The van der Waals surface area contributed by atoms with Crippen LogP contribution in [0.25, 0.3) is 10.1 Å². The molecule has 26 heavy (non-hydrogen) atoms. The summed E-state index contributed by atoms with van der Waals surface area (Å²) in [6.07, 6.45) is 6.77. The Morgan fingerprint density at radius 1 is 0.962 bits per heavy atom. The van der Waals surface area contributed by atoms with Crippen LogP contribution >= 0.6 is 11.3 Å². The lowest BCUT2D eigenvalue weighted by molar-refractivity contribution is 0.103. The lowest BCUT2D eigenvalue weighted by atomic mass is 10.1. The van der Waals surface area contributed by atoms with E-state index < -0.39 is 0 Å². The van der Waals surface area contributed by atoms with Crippen LogP contribution in [0.15, 0.2) is 73.3 Å². The lowest BCUT2D eigenvalue weighted by Crippen LogP contribution is -2.09. The van der Waals surface area contributed by atoms with Gasteiger partial charge >= 0.3 is 0 Å². The van der Waals surface area contributed by atoms with E-state index in [9.17, 15) is 4.79 Å². The Kier molecular flexibility index (Phi) is 4.42. The van der Waals surface area contributed by atoms with Crippen LogP contribution in [0.4, 0.5) is 5.69 Å². The van der Waals surface area contributed by atoms with Crippen LogP contribution in [-0.4, -0.2) is 15.9 Å². The largest absolute Gasteiger partial charge is 0.320 e. The van der Waals surface area contributed by atoms with Gasteiger partial charge in [0.25, 0.3) is 5.91 Å². The summed E-state index contributed by atoms with van der Waals surface area (Å²) >= 11 is 1.40. The third kappa shape index (κ3) is 3.46. The fraction of sp³-hybridized carbons (Fsp3) is 0. The van der Waals surface area contributed by atoms with Crippen molar-refractivity contribution in [2.24, 2.45) is 0 Å². The van der Waals surface area contributed by atoms with E-state index in [0.717, 1.165) is 21.2 Å². The molecule has 0 spiro atoms. The Bertz CT molecular complexity index is 1130. The van der Waals surface area contributed by atoms with Gasteiger partial charge in [-0.3, -0.25) is 14.8 Å². The van der Waals surface area contributed by atoms with Gasteiger partial charge in [-0.1, -0.05) is 30.0 Å². The van der Waals surface area contributed by atoms with Gasteiger partial charge in [-0.05, 0) is 30.3 Å². The summed E-state index contributed by atoms with van der Waals surface area (Å²) in [7, 11) is 0. The van der Waals surface area contributed by atoms with Gasteiger partial charge in [-0.15, -0.1) is 11.3 Å². The fourth-order valence-corrected chi connectivity index (χ4v) is 3.41. The summed E-state index contributed by atoms with van der Waals surface area (Å²) in [6, 6.07) is 15.2. The SMILES string of the molecule is O=C(Nc1cccnc1)c1cc2c(C#Cc3ccccc3)cncc2s1. The predicted molar refractivity (Wildman–Crippen MR) is 104 cm³/mol. The highest BCUT2D eigenvalue weighted by atomic mass is 32.1. The topological polar surface area (TPSA) is 54.9 Å². The average Bonchev–Trinajstić information content (AvgIpc) is 3.13. The van der Waals surface area contributed by atoms with Crippen molar-refractivity contribution in [3.63, 3.8) is 0 Å². The van der Waals surface area contributed by atoms with Gasteiger partial charge in [0.15, 0.2) is 0 Å². The maximum absolute atomic E-state index is 12.5. The van der Waals surface area contributed by atoms with Crippen LogP contribution in [0.5, 0.6) is 0 Å². The Morgan fingerprint density at radius 3 is 2.65 bits per heavy atom. The summed E-state index contributed by atoms with van der Waals surface area (Å²) in [5.41, 5.74) is 2.41. The second kappa shape index (κ2) is 7.18. The maximum Gasteiger partial charge on any atom is 0.265 e. The van der Waals surface area contributed by atoms with Crippen LogP contribution in [0.3, 0.4) is 0 Å². The van der Waals surface area contributed by atoms with Gasteiger partial charge in [0.2, 0.25) is 0 Å². The number of carbonyl (C=O) groups is 1. The second-order valence-electron chi connectivity index (χ2n) is 5.52. The van der Waals surface area contributed by atoms with Gasteiger partial charge in [0.1, 0.15) is 0 Å². The number of pyridine rings is 2. The number of rotatable bonds is 2. The minimum Gasteiger partial charge on any atom is -0.320 e. The Hall–Kier alpha value is -3.49. The van der Waals surface area contributed by atoms with Gasteiger partial charge in [0.05, 0.1) is 27.0 Å². The Labute approximate surface area is 154 Å². The van der Waals surface area contributed by atoms with Gasteiger partial charge in [0, 0.05) is 29.5 Å². The molecule has 3 heterocycles. The van der Waals surface area contributed by atoms with E-state index in [4.69, 9.17) is 0 Å². The van der Waals surface area contributed by atoms with E-state index in [0.29, 0.717) is 10.6 Å². The molecular weight excluding hydrogens is 342 g/mol. The van der Waals surface area contributed by atoms with Crippen molar-refractivity contribution < 1.29 is 4.79 Å². The number of fused-ring (bicyclic) bond motifs is 1. The minimum absolute atomic E-state index is 0.166. The summed E-state index contributed by atoms with van der Waals surface area (Å²) in [6.45, 7) is 0. The number of benzene rings is 1. The number of aromatic nitrogens is 2. The molecule has 0 fully saturated rings. The van der Waals surface area contributed by atoms with Crippen LogP contribution in [-0.2, 0) is 0 Å². The van der Waals surface area contributed by atoms with Crippen LogP contribution in [0.1, 0.15) is 20.8 Å². The van der Waals surface area contributed by atoms with E-state index >= 15 is 0 Å². The molecule has 3 aromatic heterocycles. The highest BCUT2D eigenvalue weighted by molar-refractivity contribution is 7.20. The number of hydrogen-bond donors (Lipinski definition) is 1. The van der Waals surface area contributed by atoms with E-state index in [1.54, 1.807) is 36.9 Å². The number of thiophene rings is 1. The van der Waals surface area contributed by atoms with Crippen molar-refractivity contribution in [3.05, 3.63) is 89.3 Å². The molecule has 0 aliphatic heterocycles. The predicted octanol–water partition coefficient (Wildman–Crippen LogP) is 4.34. The van der Waals surface area contributed by atoms with Crippen LogP contribution in [0.2, 0.25) is 0 Å². The number of anilines is 1. The molecule has 0 radical (unpaired) electrons. The first-order valence-corrected chi connectivity index (χ1v) is 8.77. The number of carbonyl (C=O) groups excluding carboxylic acids is 1. The van der Waals surface area contributed by atoms with Crippen molar-refractivity contribution in [2.75, 3.05) is 5.32 Å². The molecule has 124 valence electrons. The van der Waals surface area contributed by atoms with Gasteiger partial charge in [-0.2, -0.15) is 0 Å². The first-order chi connectivity index (χ1) is 12.8. The quantitative estimate of drug-likeness (QED) is 0.544. The molecular formula is C21H13N3OS. The zero-order valence-electron chi connectivity index (χ0n) is 13.6. The summed E-state index contributed by atoms with van der Waals surface area (Å²) < 4.78 is 0.932. The maximum atomic E-state index is 12.5. The van der Waals surface area contributed by atoms with Crippen molar-refractivity contribution in [3.8, 4) is 11.8 Å². The third-order valence-corrected chi connectivity index (χ3v) is 4.77. The van der Waals surface area contributed by atoms with Crippen molar-refractivity contribution in [1.29, 1.82) is 0 Å². The van der Waals surface area contributed by atoms with Gasteiger partial charge < -0.3 is 5.32 Å². The smallest absolute Gasteiger partial charge is 0.265 e. The summed E-state index contributed by atoms with van der Waals surface area (Å²) in [5, 5.41) is 3.78.